The fourth-order valence-electron chi connectivity index (χ4n) is 2.41. The molecule has 1 saturated heterocycles. The summed E-state index contributed by atoms with van der Waals surface area (Å²) in [4.78, 5) is 14.1. The van der Waals surface area contributed by atoms with Crippen molar-refractivity contribution in [1.82, 2.24) is 9.78 Å². The van der Waals surface area contributed by atoms with Gasteiger partial charge in [0.25, 0.3) is 5.56 Å². The summed E-state index contributed by atoms with van der Waals surface area (Å²) in [7, 11) is 0. The highest BCUT2D eigenvalue weighted by Crippen LogP contribution is 2.20. The van der Waals surface area contributed by atoms with Crippen LogP contribution >= 0.6 is 0 Å². The fourth-order valence-corrected chi connectivity index (χ4v) is 2.41. The molecule has 1 aliphatic rings. The molecule has 0 aromatic carbocycles. The Morgan fingerprint density at radius 1 is 1.56 bits per heavy atom. The molecule has 5 nitrogen and oxygen atoms in total. The number of anilines is 1. The molecule has 5 heteroatoms. The quantitative estimate of drug-likeness (QED) is 0.862. The normalized spacial score (nSPS) is 20.1. The lowest BCUT2D eigenvalue weighted by atomic mass is 10.00. The van der Waals surface area contributed by atoms with Crippen LogP contribution in [0.15, 0.2) is 17.1 Å². The van der Waals surface area contributed by atoms with E-state index in [-0.39, 0.29) is 12.2 Å². The Hall–Kier alpha value is -1.36. The minimum absolute atomic E-state index is 0.0828. The predicted octanol–water partition coefficient (Wildman–Crippen LogP) is 0.862. The van der Waals surface area contributed by atoms with E-state index in [1.807, 2.05) is 0 Å². The Morgan fingerprint density at radius 3 is 3.06 bits per heavy atom. The van der Waals surface area contributed by atoms with Crippen LogP contribution in [0, 0.1) is 5.92 Å². The molecule has 0 radical (unpaired) electrons. The lowest BCUT2D eigenvalue weighted by Gasteiger charge is -2.32. The van der Waals surface area contributed by atoms with Crippen LogP contribution in [-0.4, -0.2) is 34.6 Å². The fraction of sp³-hybridized carbons (Fsp3) is 0.692. The standard InChI is InChI=1S/C13H21N3O2/c1-11-4-2-5-15(10-11)12-8-13(18)16(14-9-12)6-3-7-17/h8-9,11,17H,2-7,10H2,1H3. The second-order valence-electron chi connectivity index (χ2n) is 5.05. The topological polar surface area (TPSA) is 58.4 Å². The first-order chi connectivity index (χ1) is 8.70. The molecule has 1 aliphatic heterocycles. The Bertz CT molecular complexity index is 444. The van der Waals surface area contributed by atoms with E-state index >= 15 is 0 Å². The molecule has 100 valence electrons. The van der Waals surface area contributed by atoms with Crippen LogP contribution in [-0.2, 0) is 6.54 Å². The zero-order chi connectivity index (χ0) is 13.0. The number of aliphatic hydroxyl groups excluding tert-OH is 1. The molecule has 0 spiro atoms. The maximum Gasteiger partial charge on any atom is 0.268 e. The first-order valence-electron chi connectivity index (χ1n) is 6.63. The highest BCUT2D eigenvalue weighted by molar-refractivity contribution is 5.43. The number of aryl methyl sites for hydroxylation is 1. The summed E-state index contributed by atoms with van der Waals surface area (Å²) >= 11 is 0. The predicted molar refractivity (Wildman–Crippen MR) is 70.8 cm³/mol. The van der Waals surface area contributed by atoms with E-state index in [2.05, 4.69) is 16.9 Å². The monoisotopic (exact) mass is 251 g/mol. The Balaban J connectivity index is 2.10. The van der Waals surface area contributed by atoms with Crippen LogP contribution in [0.25, 0.3) is 0 Å². The molecule has 0 saturated carbocycles. The zero-order valence-electron chi connectivity index (χ0n) is 10.9. The third kappa shape index (κ3) is 3.10. The van der Waals surface area contributed by atoms with Crippen molar-refractivity contribution in [3.8, 4) is 0 Å². The van der Waals surface area contributed by atoms with Gasteiger partial charge in [0.1, 0.15) is 0 Å². The minimum Gasteiger partial charge on any atom is -0.396 e. The summed E-state index contributed by atoms with van der Waals surface area (Å²) < 4.78 is 1.41. The summed E-state index contributed by atoms with van der Waals surface area (Å²) in [6.07, 6.45) is 4.76. The average molecular weight is 251 g/mol. The highest BCUT2D eigenvalue weighted by Gasteiger charge is 2.17. The van der Waals surface area contributed by atoms with Gasteiger partial charge < -0.3 is 10.0 Å². The van der Waals surface area contributed by atoms with Crippen LogP contribution < -0.4 is 10.5 Å². The van der Waals surface area contributed by atoms with Gasteiger partial charge in [-0.1, -0.05) is 6.92 Å². The highest BCUT2D eigenvalue weighted by atomic mass is 16.3. The van der Waals surface area contributed by atoms with Gasteiger partial charge in [-0.05, 0) is 25.2 Å². The van der Waals surface area contributed by atoms with Crippen molar-refractivity contribution in [3.63, 3.8) is 0 Å². The van der Waals surface area contributed by atoms with E-state index < -0.39 is 0 Å². The van der Waals surface area contributed by atoms with Crippen molar-refractivity contribution in [2.24, 2.45) is 5.92 Å². The molecule has 0 amide bonds. The van der Waals surface area contributed by atoms with Crippen molar-refractivity contribution in [3.05, 3.63) is 22.6 Å². The van der Waals surface area contributed by atoms with Crippen molar-refractivity contribution in [2.45, 2.75) is 32.7 Å². The van der Waals surface area contributed by atoms with Gasteiger partial charge in [-0.15, -0.1) is 0 Å². The largest absolute Gasteiger partial charge is 0.396 e. The number of hydrogen-bond acceptors (Lipinski definition) is 4. The number of rotatable bonds is 4. The average Bonchev–Trinajstić information content (AvgIpc) is 2.37. The molecule has 1 aromatic heterocycles. The van der Waals surface area contributed by atoms with E-state index in [1.54, 1.807) is 12.3 Å². The summed E-state index contributed by atoms with van der Waals surface area (Å²) in [6, 6.07) is 1.66. The Labute approximate surface area is 107 Å². The van der Waals surface area contributed by atoms with E-state index in [9.17, 15) is 4.79 Å². The zero-order valence-corrected chi connectivity index (χ0v) is 10.9. The van der Waals surface area contributed by atoms with E-state index in [4.69, 9.17) is 5.11 Å². The van der Waals surface area contributed by atoms with Crippen molar-refractivity contribution >= 4 is 5.69 Å². The maximum atomic E-state index is 11.9. The first-order valence-corrected chi connectivity index (χ1v) is 6.63. The van der Waals surface area contributed by atoms with Crippen molar-refractivity contribution in [2.75, 3.05) is 24.6 Å². The van der Waals surface area contributed by atoms with Gasteiger partial charge in [-0.3, -0.25) is 4.79 Å². The van der Waals surface area contributed by atoms with Crippen LogP contribution in [0.2, 0.25) is 0 Å². The lowest BCUT2D eigenvalue weighted by molar-refractivity contribution is 0.275. The number of hydrogen-bond donors (Lipinski definition) is 1. The molecule has 1 fully saturated rings. The molecule has 0 aliphatic carbocycles. The van der Waals surface area contributed by atoms with Gasteiger partial charge >= 0.3 is 0 Å². The molecular formula is C13H21N3O2. The van der Waals surface area contributed by atoms with Crippen LogP contribution in [0.4, 0.5) is 5.69 Å². The molecular weight excluding hydrogens is 230 g/mol. The van der Waals surface area contributed by atoms with Crippen LogP contribution in [0.3, 0.4) is 0 Å². The van der Waals surface area contributed by atoms with Gasteiger partial charge in [-0.2, -0.15) is 5.10 Å². The minimum atomic E-state index is -0.0841. The number of nitrogens with zero attached hydrogens (tertiary/aromatic N) is 3. The SMILES string of the molecule is CC1CCCN(c2cnn(CCCO)c(=O)c2)C1. The smallest absolute Gasteiger partial charge is 0.268 e. The maximum absolute atomic E-state index is 11.9. The second kappa shape index (κ2) is 6.00. The van der Waals surface area contributed by atoms with Gasteiger partial charge in [0.15, 0.2) is 0 Å². The van der Waals surface area contributed by atoms with Crippen molar-refractivity contribution < 1.29 is 5.11 Å². The molecule has 0 bridgehead atoms. The third-order valence-electron chi connectivity index (χ3n) is 3.41. The van der Waals surface area contributed by atoms with Crippen molar-refractivity contribution in [1.29, 1.82) is 0 Å². The molecule has 18 heavy (non-hydrogen) atoms. The third-order valence-corrected chi connectivity index (χ3v) is 3.41. The molecule has 1 unspecified atom stereocenters. The molecule has 1 aromatic rings. The molecule has 1 N–H and O–H groups in total. The number of aliphatic hydroxyl groups is 1. The summed E-state index contributed by atoms with van der Waals surface area (Å²) in [5, 5.41) is 12.9. The van der Waals surface area contributed by atoms with E-state index in [1.165, 1.54) is 17.5 Å². The second-order valence-corrected chi connectivity index (χ2v) is 5.05. The Kier molecular flexibility index (Phi) is 4.36. The molecule has 2 heterocycles. The molecule has 2 rings (SSSR count). The van der Waals surface area contributed by atoms with E-state index in [0.717, 1.165) is 18.8 Å². The molecule has 1 atom stereocenters. The van der Waals surface area contributed by atoms with Crippen LogP contribution in [0.5, 0.6) is 0 Å². The van der Waals surface area contributed by atoms with E-state index in [0.29, 0.717) is 18.9 Å². The Morgan fingerprint density at radius 2 is 2.39 bits per heavy atom. The van der Waals surface area contributed by atoms with Gasteiger partial charge in [0, 0.05) is 32.3 Å². The first kappa shape index (κ1) is 13.1. The number of aromatic nitrogens is 2. The van der Waals surface area contributed by atoms with Crippen LogP contribution in [0.1, 0.15) is 26.2 Å². The van der Waals surface area contributed by atoms with Gasteiger partial charge in [-0.25, -0.2) is 4.68 Å². The van der Waals surface area contributed by atoms with Gasteiger partial charge in [0.05, 0.1) is 11.9 Å². The van der Waals surface area contributed by atoms with Gasteiger partial charge in [0.2, 0.25) is 0 Å². The summed E-state index contributed by atoms with van der Waals surface area (Å²) in [5.74, 6) is 0.676. The number of piperidine rings is 1. The summed E-state index contributed by atoms with van der Waals surface area (Å²) in [6.45, 7) is 4.81. The lowest BCUT2D eigenvalue weighted by Crippen LogP contribution is -2.35. The summed E-state index contributed by atoms with van der Waals surface area (Å²) in [5.41, 5.74) is 0.839.